The van der Waals surface area contributed by atoms with E-state index in [0.29, 0.717) is 11.3 Å². The molecule has 1 aromatic rings. The lowest BCUT2D eigenvalue weighted by Crippen LogP contribution is -2.55. The molecule has 2 atom stereocenters. The van der Waals surface area contributed by atoms with Crippen molar-refractivity contribution in [2.45, 2.75) is 77.7 Å². The SMILES string of the molecule is CC(C)(C)C1CCCCC1(N)Cc1ccc2c(c1)CCC2. The molecule has 2 aliphatic carbocycles. The number of rotatable bonds is 2. The van der Waals surface area contributed by atoms with Gasteiger partial charge in [-0.3, -0.25) is 0 Å². The predicted molar refractivity (Wildman–Crippen MR) is 90.5 cm³/mol. The Morgan fingerprint density at radius 3 is 2.62 bits per heavy atom. The van der Waals surface area contributed by atoms with Crippen molar-refractivity contribution in [3.8, 4) is 0 Å². The minimum atomic E-state index is -0.0106. The molecule has 0 aliphatic heterocycles. The summed E-state index contributed by atoms with van der Waals surface area (Å²) < 4.78 is 0. The average molecular weight is 285 g/mol. The van der Waals surface area contributed by atoms with Crippen LogP contribution in [-0.2, 0) is 19.3 Å². The van der Waals surface area contributed by atoms with Crippen molar-refractivity contribution in [3.63, 3.8) is 0 Å². The van der Waals surface area contributed by atoms with Crippen LogP contribution in [0.15, 0.2) is 18.2 Å². The monoisotopic (exact) mass is 285 g/mol. The molecule has 1 fully saturated rings. The fourth-order valence-electron chi connectivity index (χ4n) is 4.89. The second-order valence-electron chi connectivity index (χ2n) is 8.53. The van der Waals surface area contributed by atoms with Crippen LogP contribution in [0, 0.1) is 11.3 Å². The van der Waals surface area contributed by atoms with Gasteiger partial charge in [-0.2, -0.15) is 0 Å². The Bertz CT molecular complexity index is 511. The van der Waals surface area contributed by atoms with Crippen molar-refractivity contribution in [3.05, 3.63) is 34.9 Å². The molecule has 1 nitrogen and oxygen atoms in total. The van der Waals surface area contributed by atoms with Crippen LogP contribution < -0.4 is 5.73 Å². The highest BCUT2D eigenvalue weighted by atomic mass is 14.8. The van der Waals surface area contributed by atoms with Gasteiger partial charge in [-0.25, -0.2) is 0 Å². The first kappa shape index (κ1) is 15.1. The first-order valence-corrected chi connectivity index (χ1v) is 8.78. The lowest BCUT2D eigenvalue weighted by Gasteiger charge is -2.48. The summed E-state index contributed by atoms with van der Waals surface area (Å²) in [6, 6.07) is 7.15. The van der Waals surface area contributed by atoms with Crippen LogP contribution in [0.4, 0.5) is 0 Å². The van der Waals surface area contributed by atoms with E-state index in [1.54, 1.807) is 11.1 Å². The summed E-state index contributed by atoms with van der Waals surface area (Å²) in [5.74, 6) is 0.631. The normalized spacial score (nSPS) is 29.4. The lowest BCUT2D eigenvalue weighted by atomic mass is 9.61. The van der Waals surface area contributed by atoms with Crippen LogP contribution in [0.5, 0.6) is 0 Å². The molecule has 0 saturated heterocycles. The third kappa shape index (κ3) is 3.04. The molecule has 0 amide bonds. The lowest BCUT2D eigenvalue weighted by molar-refractivity contribution is 0.0793. The van der Waals surface area contributed by atoms with Crippen molar-refractivity contribution in [1.29, 1.82) is 0 Å². The number of hydrogen-bond donors (Lipinski definition) is 1. The van der Waals surface area contributed by atoms with Crippen LogP contribution in [0.25, 0.3) is 0 Å². The Kier molecular flexibility index (Phi) is 3.90. The molecular formula is C20H31N. The molecule has 2 aliphatic rings. The van der Waals surface area contributed by atoms with Gasteiger partial charge >= 0.3 is 0 Å². The first-order valence-electron chi connectivity index (χ1n) is 8.78. The molecule has 3 rings (SSSR count). The molecule has 21 heavy (non-hydrogen) atoms. The zero-order valence-corrected chi connectivity index (χ0v) is 14.0. The molecule has 0 radical (unpaired) electrons. The summed E-state index contributed by atoms with van der Waals surface area (Å²) >= 11 is 0. The molecule has 1 heteroatoms. The molecule has 0 bridgehead atoms. The smallest absolute Gasteiger partial charge is 0.0228 e. The van der Waals surface area contributed by atoms with Gasteiger partial charge < -0.3 is 5.73 Å². The topological polar surface area (TPSA) is 26.0 Å². The number of aryl methyl sites for hydroxylation is 2. The van der Waals surface area contributed by atoms with Gasteiger partial charge in [0.15, 0.2) is 0 Å². The van der Waals surface area contributed by atoms with Crippen LogP contribution >= 0.6 is 0 Å². The average Bonchev–Trinajstić information content (AvgIpc) is 2.84. The first-order chi connectivity index (χ1) is 9.88. The highest BCUT2D eigenvalue weighted by molar-refractivity contribution is 5.36. The molecule has 0 heterocycles. The van der Waals surface area contributed by atoms with Crippen molar-refractivity contribution in [2.75, 3.05) is 0 Å². The number of hydrogen-bond acceptors (Lipinski definition) is 1. The second kappa shape index (κ2) is 5.43. The van der Waals surface area contributed by atoms with Gasteiger partial charge in [0.25, 0.3) is 0 Å². The Morgan fingerprint density at radius 1 is 1.10 bits per heavy atom. The second-order valence-corrected chi connectivity index (χ2v) is 8.53. The molecule has 1 aromatic carbocycles. The third-order valence-corrected chi connectivity index (χ3v) is 5.82. The summed E-state index contributed by atoms with van der Waals surface area (Å²) in [5.41, 5.74) is 11.9. The Hall–Kier alpha value is -0.820. The van der Waals surface area contributed by atoms with Crippen molar-refractivity contribution < 1.29 is 0 Å². The van der Waals surface area contributed by atoms with Gasteiger partial charge in [-0.15, -0.1) is 0 Å². The minimum Gasteiger partial charge on any atom is -0.325 e. The summed E-state index contributed by atoms with van der Waals surface area (Å²) in [4.78, 5) is 0. The standard InChI is InChI=1S/C20H31N/c1-19(2,3)18-9-4-5-12-20(18,21)14-15-10-11-16-7-6-8-17(16)13-15/h10-11,13,18H,4-9,12,14,21H2,1-3H3. The van der Waals surface area contributed by atoms with E-state index in [0.717, 1.165) is 6.42 Å². The number of fused-ring (bicyclic) bond motifs is 1. The fraction of sp³-hybridized carbons (Fsp3) is 0.700. The maximum atomic E-state index is 6.97. The van der Waals surface area contributed by atoms with E-state index < -0.39 is 0 Å². The molecule has 1 saturated carbocycles. The van der Waals surface area contributed by atoms with E-state index in [1.807, 2.05) is 0 Å². The Morgan fingerprint density at radius 2 is 1.86 bits per heavy atom. The third-order valence-electron chi connectivity index (χ3n) is 5.82. The summed E-state index contributed by atoms with van der Waals surface area (Å²) in [5, 5.41) is 0. The van der Waals surface area contributed by atoms with Gasteiger partial charge in [0.1, 0.15) is 0 Å². The van der Waals surface area contributed by atoms with Crippen LogP contribution in [0.1, 0.15) is 69.6 Å². The number of nitrogens with two attached hydrogens (primary N) is 1. The quantitative estimate of drug-likeness (QED) is 0.841. The highest BCUT2D eigenvalue weighted by Crippen LogP contribution is 2.44. The molecule has 2 N–H and O–H groups in total. The van der Waals surface area contributed by atoms with E-state index >= 15 is 0 Å². The van der Waals surface area contributed by atoms with Gasteiger partial charge in [0.2, 0.25) is 0 Å². The molecule has 0 spiro atoms. The zero-order valence-electron chi connectivity index (χ0n) is 14.0. The van der Waals surface area contributed by atoms with Crippen LogP contribution in [0.2, 0.25) is 0 Å². The Labute approximate surface area is 130 Å². The molecule has 116 valence electrons. The fourth-order valence-corrected chi connectivity index (χ4v) is 4.89. The van der Waals surface area contributed by atoms with Crippen LogP contribution in [-0.4, -0.2) is 5.54 Å². The van der Waals surface area contributed by atoms with Gasteiger partial charge in [0.05, 0.1) is 0 Å². The van der Waals surface area contributed by atoms with E-state index in [9.17, 15) is 0 Å². The summed E-state index contributed by atoms with van der Waals surface area (Å²) in [6.07, 6.45) is 10.1. The van der Waals surface area contributed by atoms with E-state index in [1.165, 1.54) is 50.5 Å². The zero-order chi connectivity index (χ0) is 15.1. The van der Waals surface area contributed by atoms with Crippen molar-refractivity contribution in [2.24, 2.45) is 17.1 Å². The Balaban J connectivity index is 1.84. The minimum absolute atomic E-state index is 0.0106. The number of benzene rings is 1. The van der Waals surface area contributed by atoms with Crippen molar-refractivity contribution in [1.82, 2.24) is 0 Å². The van der Waals surface area contributed by atoms with E-state index in [2.05, 4.69) is 39.0 Å². The summed E-state index contributed by atoms with van der Waals surface area (Å²) in [6.45, 7) is 7.11. The molecular weight excluding hydrogens is 254 g/mol. The van der Waals surface area contributed by atoms with E-state index in [4.69, 9.17) is 5.73 Å². The van der Waals surface area contributed by atoms with Gasteiger partial charge in [0, 0.05) is 5.54 Å². The largest absolute Gasteiger partial charge is 0.325 e. The maximum Gasteiger partial charge on any atom is 0.0228 e. The molecule has 2 unspecified atom stereocenters. The van der Waals surface area contributed by atoms with Crippen LogP contribution in [0.3, 0.4) is 0 Å². The van der Waals surface area contributed by atoms with Gasteiger partial charge in [-0.05, 0) is 66.5 Å². The summed E-state index contributed by atoms with van der Waals surface area (Å²) in [7, 11) is 0. The highest BCUT2D eigenvalue weighted by Gasteiger charge is 2.43. The van der Waals surface area contributed by atoms with Gasteiger partial charge in [-0.1, -0.05) is 51.8 Å². The van der Waals surface area contributed by atoms with Crippen molar-refractivity contribution >= 4 is 0 Å². The van der Waals surface area contributed by atoms with E-state index in [-0.39, 0.29) is 5.54 Å². The maximum absolute atomic E-state index is 6.97. The molecule has 0 aromatic heterocycles. The predicted octanol–water partition coefficient (Wildman–Crippen LogP) is 4.65.